The topological polar surface area (TPSA) is 88.0 Å². The molecule has 0 spiro atoms. The Kier molecular flexibility index (Phi) is 6.33. The molecule has 8 nitrogen and oxygen atoms in total. The molecule has 29 heavy (non-hydrogen) atoms. The zero-order valence-corrected chi connectivity index (χ0v) is 17.0. The molecule has 1 fully saturated rings. The van der Waals surface area contributed by atoms with Crippen molar-refractivity contribution in [1.82, 2.24) is 4.90 Å². The van der Waals surface area contributed by atoms with Gasteiger partial charge in [0, 0.05) is 32.2 Å². The number of methoxy groups -OCH3 is 1. The smallest absolute Gasteiger partial charge is 0.293 e. The molecule has 0 atom stereocenters. The van der Waals surface area contributed by atoms with E-state index in [9.17, 15) is 14.9 Å². The summed E-state index contributed by atoms with van der Waals surface area (Å²) < 4.78 is 5.43. The lowest BCUT2D eigenvalue weighted by atomic mass is 10.1. The van der Waals surface area contributed by atoms with Crippen LogP contribution in [0, 0.1) is 24.0 Å². The van der Waals surface area contributed by atoms with E-state index in [0.717, 1.165) is 48.7 Å². The summed E-state index contributed by atoms with van der Waals surface area (Å²) in [5, 5.41) is 14.0. The second-order valence-electron chi connectivity index (χ2n) is 7.19. The molecular weight excluding hydrogens is 372 g/mol. The van der Waals surface area contributed by atoms with Crippen LogP contribution in [0.5, 0.6) is 5.75 Å². The van der Waals surface area contributed by atoms with Gasteiger partial charge in [0.25, 0.3) is 5.69 Å². The van der Waals surface area contributed by atoms with Gasteiger partial charge in [0.2, 0.25) is 5.91 Å². The Labute approximate surface area is 170 Å². The van der Waals surface area contributed by atoms with Gasteiger partial charge in [0.15, 0.2) is 0 Å². The largest absolute Gasteiger partial charge is 0.495 e. The summed E-state index contributed by atoms with van der Waals surface area (Å²) in [6, 6.07) is 11.0. The average Bonchev–Trinajstić information content (AvgIpc) is 2.71. The van der Waals surface area contributed by atoms with Crippen LogP contribution in [0.2, 0.25) is 0 Å². The number of anilines is 2. The monoisotopic (exact) mass is 398 g/mol. The van der Waals surface area contributed by atoms with Crippen molar-refractivity contribution in [3.63, 3.8) is 0 Å². The minimum atomic E-state index is -0.464. The van der Waals surface area contributed by atoms with Gasteiger partial charge in [-0.25, -0.2) is 0 Å². The Balaban J connectivity index is 1.59. The van der Waals surface area contributed by atoms with Crippen molar-refractivity contribution in [2.45, 2.75) is 13.8 Å². The minimum Gasteiger partial charge on any atom is -0.495 e. The molecule has 1 amide bonds. The number of hydrogen-bond acceptors (Lipinski definition) is 6. The normalized spacial score (nSPS) is 14.5. The number of nitrogens with zero attached hydrogens (tertiary/aromatic N) is 3. The van der Waals surface area contributed by atoms with Crippen LogP contribution in [0.1, 0.15) is 11.1 Å². The van der Waals surface area contributed by atoms with Crippen molar-refractivity contribution < 1.29 is 14.5 Å². The van der Waals surface area contributed by atoms with Crippen LogP contribution in [0.25, 0.3) is 0 Å². The van der Waals surface area contributed by atoms with Crippen molar-refractivity contribution in [3.8, 4) is 5.75 Å². The molecule has 0 radical (unpaired) electrons. The van der Waals surface area contributed by atoms with Gasteiger partial charge in [-0.2, -0.15) is 0 Å². The minimum absolute atomic E-state index is 0.0811. The number of piperazine rings is 1. The van der Waals surface area contributed by atoms with Gasteiger partial charge in [-0.15, -0.1) is 0 Å². The van der Waals surface area contributed by atoms with Crippen LogP contribution < -0.4 is 15.0 Å². The Hall–Kier alpha value is -3.13. The molecule has 0 saturated carbocycles. The summed E-state index contributed by atoms with van der Waals surface area (Å²) in [6.07, 6.45) is 0. The first-order chi connectivity index (χ1) is 13.9. The highest BCUT2D eigenvalue weighted by Crippen LogP contribution is 2.29. The third kappa shape index (κ3) is 4.83. The number of hydrogen-bond donors (Lipinski definition) is 1. The molecule has 1 aliphatic heterocycles. The molecule has 0 aromatic heterocycles. The third-order valence-corrected chi connectivity index (χ3v) is 5.25. The fourth-order valence-electron chi connectivity index (χ4n) is 3.48. The standard InChI is InChI=1S/C21H26N4O4/c1-15-12-17(19(25(27)28)13-16(15)2)22-21(26)14-23-8-10-24(11-9-23)18-6-4-5-7-20(18)29-3/h4-7,12-13H,8-11,14H2,1-3H3,(H,22,26). The fraction of sp³-hybridized carbons (Fsp3) is 0.381. The van der Waals surface area contributed by atoms with Gasteiger partial charge in [-0.1, -0.05) is 12.1 Å². The summed E-state index contributed by atoms with van der Waals surface area (Å²) in [7, 11) is 1.66. The van der Waals surface area contributed by atoms with E-state index in [0.29, 0.717) is 0 Å². The third-order valence-electron chi connectivity index (χ3n) is 5.25. The molecule has 0 aliphatic carbocycles. The highest BCUT2D eigenvalue weighted by Gasteiger charge is 2.23. The molecule has 0 bridgehead atoms. The number of ether oxygens (including phenoxy) is 1. The summed E-state index contributed by atoms with van der Waals surface area (Å²) >= 11 is 0. The van der Waals surface area contributed by atoms with Crippen LogP contribution >= 0.6 is 0 Å². The maximum Gasteiger partial charge on any atom is 0.293 e. The summed E-state index contributed by atoms with van der Waals surface area (Å²) in [5.74, 6) is 0.586. The van der Waals surface area contributed by atoms with Crippen LogP contribution in [0.3, 0.4) is 0 Å². The van der Waals surface area contributed by atoms with Gasteiger partial charge in [0.1, 0.15) is 11.4 Å². The van der Waals surface area contributed by atoms with Crippen LogP contribution in [0.4, 0.5) is 17.1 Å². The Morgan fingerprint density at radius 1 is 1.14 bits per heavy atom. The highest BCUT2D eigenvalue weighted by molar-refractivity contribution is 5.94. The van der Waals surface area contributed by atoms with E-state index >= 15 is 0 Å². The Morgan fingerprint density at radius 2 is 1.79 bits per heavy atom. The summed E-state index contributed by atoms with van der Waals surface area (Å²) in [4.78, 5) is 27.6. The molecule has 2 aromatic rings. The Bertz CT molecular complexity index is 908. The first-order valence-corrected chi connectivity index (χ1v) is 9.55. The second kappa shape index (κ2) is 8.91. The molecule has 1 heterocycles. The zero-order chi connectivity index (χ0) is 21.0. The zero-order valence-electron chi connectivity index (χ0n) is 17.0. The van der Waals surface area contributed by atoms with Crippen LogP contribution in [0.15, 0.2) is 36.4 Å². The van der Waals surface area contributed by atoms with Crippen molar-refractivity contribution in [2.75, 3.05) is 50.1 Å². The van der Waals surface area contributed by atoms with Crippen LogP contribution in [-0.4, -0.2) is 55.6 Å². The molecule has 1 N–H and O–H groups in total. The lowest BCUT2D eigenvalue weighted by Crippen LogP contribution is -2.48. The summed E-state index contributed by atoms with van der Waals surface area (Å²) in [6.45, 7) is 6.88. The van der Waals surface area contributed by atoms with E-state index in [2.05, 4.69) is 10.2 Å². The fourth-order valence-corrected chi connectivity index (χ4v) is 3.48. The maximum atomic E-state index is 12.5. The van der Waals surface area contributed by atoms with E-state index in [1.165, 1.54) is 6.07 Å². The second-order valence-corrected chi connectivity index (χ2v) is 7.19. The predicted octanol–water partition coefficient (Wildman–Crippen LogP) is 2.98. The predicted molar refractivity (Wildman–Crippen MR) is 113 cm³/mol. The number of nitro groups is 1. The number of carbonyl (C=O) groups excluding carboxylic acids is 1. The molecule has 2 aromatic carbocycles. The lowest BCUT2D eigenvalue weighted by Gasteiger charge is -2.36. The lowest BCUT2D eigenvalue weighted by molar-refractivity contribution is -0.384. The van der Waals surface area contributed by atoms with Crippen LogP contribution in [-0.2, 0) is 4.79 Å². The quantitative estimate of drug-likeness (QED) is 0.595. The number of benzene rings is 2. The number of amides is 1. The first kappa shape index (κ1) is 20.6. The Morgan fingerprint density at radius 3 is 2.45 bits per heavy atom. The average molecular weight is 398 g/mol. The molecule has 3 rings (SSSR count). The molecule has 154 valence electrons. The van der Waals surface area contributed by atoms with E-state index in [-0.39, 0.29) is 23.8 Å². The maximum absolute atomic E-state index is 12.5. The SMILES string of the molecule is COc1ccccc1N1CCN(CC(=O)Nc2cc(C)c(C)cc2[N+](=O)[O-])CC1. The number of rotatable bonds is 6. The van der Waals surface area contributed by atoms with Gasteiger partial charge in [-0.05, 0) is 43.2 Å². The van der Waals surface area contributed by atoms with Gasteiger partial charge in [-0.3, -0.25) is 19.8 Å². The number of para-hydroxylation sites is 2. The number of nitro benzene ring substituents is 1. The van der Waals surface area contributed by atoms with E-state index in [1.54, 1.807) is 13.2 Å². The van der Waals surface area contributed by atoms with E-state index in [4.69, 9.17) is 4.74 Å². The number of aryl methyl sites for hydroxylation is 2. The van der Waals surface area contributed by atoms with E-state index in [1.807, 2.05) is 43.0 Å². The molecular formula is C21H26N4O4. The molecule has 1 aliphatic rings. The van der Waals surface area contributed by atoms with Gasteiger partial charge < -0.3 is 15.0 Å². The first-order valence-electron chi connectivity index (χ1n) is 9.55. The van der Waals surface area contributed by atoms with Crippen molar-refractivity contribution >= 4 is 23.0 Å². The van der Waals surface area contributed by atoms with E-state index < -0.39 is 4.92 Å². The summed E-state index contributed by atoms with van der Waals surface area (Å²) in [5.41, 5.74) is 2.93. The van der Waals surface area contributed by atoms with Crippen molar-refractivity contribution in [3.05, 3.63) is 57.6 Å². The molecule has 1 saturated heterocycles. The van der Waals surface area contributed by atoms with Crippen molar-refractivity contribution in [1.29, 1.82) is 0 Å². The van der Waals surface area contributed by atoms with Gasteiger partial charge in [0.05, 0.1) is 24.3 Å². The van der Waals surface area contributed by atoms with Crippen molar-refractivity contribution in [2.24, 2.45) is 0 Å². The highest BCUT2D eigenvalue weighted by atomic mass is 16.6. The molecule has 8 heteroatoms. The number of nitrogens with one attached hydrogen (secondary N) is 1. The van der Waals surface area contributed by atoms with Gasteiger partial charge >= 0.3 is 0 Å². The number of carbonyl (C=O) groups is 1. The molecule has 0 unspecified atom stereocenters.